The number of sulfonamides is 1. The van der Waals surface area contributed by atoms with Crippen LogP contribution in [0.3, 0.4) is 0 Å². The number of aliphatic hydroxyl groups is 1. The molecule has 1 aromatic heterocycles. The van der Waals surface area contributed by atoms with E-state index in [0.717, 1.165) is 10.9 Å². The first kappa shape index (κ1) is 27.0. The van der Waals surface area contributed by atoms with Gasteiger partial charge < -0.3 is 14.9 Å². The summed E-state index contributed by atoms with van der Waals surface area (Å²) >= 11 is 6.01. The zero-order valence-electron chi connectivity index (χ0n) is 20.4. The predicted molar refractivity (Wildman–Crippen MR) is 140 cm³/mol. The predicted octanol–water partition coefficient (Wildman–Crippen LogP) is 2.57. The number of aliphatic hydroxyl groups excluding tert-OH is 1. The summed E-state index contributed by atoms with van der Waals surface area (Å²) in [7, 11) is -3.98. The number of likely N-dealkylation sites (tertiary alicyclic amines) is 1. The molecule has 9 nitrogen and oxygen atoms in total. The van der Waals surface area contributed by atoms with Crippen LogP contribution in [-0.2, 0) is 26.2 Å². The molecule has 0 aliphatic carbocycles. The van der Waals surface area contributed by atoms with Crippen molar-refractivity contribution in [3.8, 4) is 0 Å². The molecule has 3 aromatic rings. The highest BCUT2D eigenvalue weighted by atomic mass is 35.5. The zero-order chi connectivity index (χ0) is 26.6. The Morgan fingerprint density at radius 2 is 2.00 bits per heavy atom. The highest BCUT2D eigenvalue weighted by Gasteiger charge is 2.40. The van der Waals surface area contributed by atoms with Crippen LogP contribution in [0.4, 0.5) is 0 Å². The first-order valence-electron chi connectivity index (χ1n) is 12.0. The number of pyridine rings is 1. The summed E-state index contributed by atoms with van der Waals surface area (Å²) in [4.78, 5) is 33.6. The van der Waals surface area contributed by atoms with E-state index in [0.29, 0.717) is 29.9 Å². The van der Waals surface area contributed by atoms with Gasteiger partial charge in [-0.1, -0.05) is 29.8 Å². The molecule has 2 heterocycles. The Hall–Kier alpha value is -3.05. The number of nitrogens with one attached hydrogen (secondary N) is 1. The second-order valence-corrected chi connectivity index (χ2v) is 11.2. The lowest BCUT2D eigenvalue weighted by Crippen LogP contribution is -2.50. The van der Waals surface area contributed by atoms with Gasteiger partial charge in [0, 0.05) is 43.7 Å². The van der Waals surface area contributed by atoms with E-state index in [1.54, 1.807) is 54.5 Å². The Morgan fingerprint density at radius 3 is 2.73 bits per heavy atom. The van der Waals surface area contributed by atoms with Crippen molar-refractivity contribution in [2.45, 2.75) is 43.3 Å². The number of benzene rings is 2. The third-order valence-electron chi connectivity index (χ3n) is 6.44. The van der Waals surface area contributed by atoms with Crippen molar-refractivity contribution in [1.29, 1.82) is 0 Å². The summed E-state index contributed by atoms with van der Waals surface area (Å²) in [5, 5.41) is 11.3. The van der Waals surface area contributed by atoms with Gasteiger partial charge in [0.2, 0.25) is 21.8 Å². The number of carbonyl (C=O) groups is 2. The Morgan fingerprint density at radius 1 is 1.24 bits per heavy atom. The largest absolute Gasteiger partial charge is 0.396 e. The van der Waals surface area contributed by atoms with Crippen LogP contribution in [0.1, 0.15) is 25.3 Å². The number of fused-ring (bicyclic) bond motifs is 1. The lowest BCUT2D eigenvalue weighted by molar-refractivity contribution is -0.143. The van der Waals surface area contributed by atoms with Crippen molar-refractivity contribution in [3.63, 3.8) is 0 Å². The van der Waals surface area contributed by atoms with Crippen LogP contribution in [-0.4, -0.2) is 71.9 Å². The number of hydrogen-bond donors (Lipinski definition) is 2. The van der Waals surface area contributed by atoms with Crippen molar-refractivity contribution < 1.29 is 23.1 Å². The van der Waals surface area contributed by atoms with E-state index < -0.39 is 28.0 Å². The Balaban J connectivity index is 1.45. The average molecular weight is 545 g/mol. The summed E-state index contributed by atoms with van der Waals surface area (Å²) in [5.74, 6) is -0.720. The molecule has 0 saturated carbocycles. The Bertz CT molecular complexity index is 1390. The molecule has 2 amide bonds. The molecule has 4 rings (SSSR count). The topological polar surface area (TPSA) is 120 Å². The van der Waals surface area contributed by atoms with Gasteiger partial charge >= 0.3 is 0 Å². The van der Waals surface area contributed by atoms with Gasteiger partial charge in [-0.25, -0.2) is 8.42 Å². The summed E-state index contributed by atoms with van der Waals surface area (Å²) in [5.41, 5.74) is 0.831. The normalized spacial score (nSPS) is 16.8. The van der Waals surface area contributed by atoms with Gasteiger partial charge in [0.05, 0.1) is 4.90 Å². The van der Waals surface area contributed by atoms with Gasteiger partial charge in [-0.15, -0.1) is 0 Å². The molecular weight excluding hydrogens is 516 g/mol. The van der Waals surface area contributed by atoms with E-state index in [1.807, 2.05) is 6.07 Å². The van der Waals surface area contributed by atoms with Crippen LogP contribution in [0.5, 0.6) is 0 Å². The molecule has 37 heavy (non-hydrogen) atoms. The molecule has 2 N–H and O–H groups in total. The van der Waals surface area contributed by atoms with Gasteiger partial charge in [0.15, 0.2) is 0 Å². The standard InChI is InChI=1S/C26H29ClN4O5S/c1-18(25(33)30(11-3-13-32)17-19-4-2-10-28-16-19)31-12-9-24(26(31)34)29-37(35,36)23-8-6-20-14-22(27)7-5-21(20)15-23/h2,4-8,10,14-16,18,24,29,32H,3,9,11-13,17H2,1H3/t18-,24-/m0/s1. The van der Waals surface area contributed by atoms with Crippen molar-refractivity contribution in [2.75, 3.05) is 19.7 Å². The lowest BCUT2D eigenvalue weighted by Gasteiger charge is -2.30. The number of rotatable bonds is 10. The van der Waals surface area contributed by atoms with Crippen LogP contribution in [0.2, 0.25) is 5.02 Å². The number of halogens is 1. The molecule has 11 heteroatoms. The molecule has 0 unspecified atom stereocenters. The fraction of sp³-hybridized carbons (Fsp3) is 0.346. The monoisotopic (exact) mass is 544 g/mol. The molecule has 1 saturated heterocycles. The van der Waals surface area contributed by atoms with Gasteiger partial charge in [-0.05, 0) is 66.4 Å². The molecule has 2 aromatic carbocycles. The number of hydrogen-bond acceptors (Lipinski definition) is 6. The van der Waals surface area contributed by atoms with Crippen LogP contribution >= 0.6 is 11.6 Å². The van der Waals surface area contributed by atoms with Gasteiger partial charge in [0.1, 0.15) is 12.1 Å². The number of nitrogens with zero attached hydrogens (tertiary/aromatic N) is 3. The lowest BCUT2D eigenvalue weighted by atomic mass is 10.1. The molecule has 196 valence electrons. The number of amides is 2. The minimum atomic E-state index is -3.98. The first-order valence-corrected chi connectivity index (χ1v) is 13.9. The van der Waals surface area contributed by atoms with Crippen LogP contribution in [0.25, 0.3) is 10.8 Å². The molecule has 0 spiro atoms. The minimum absolute atomic E-state index is 0.0457. The van der Waals surface area contributed by atoms with Gasteiger partial charge in [0.25, 0.3) is 0 Å². The SMILES string of the molecule is C[C@@H](C(=O)N(CCCO)Cc1cccnc1)N1CC[C@H](NS(=O)(=O)c2ccc3cc(Cl)ccc3c2)C1=O. The van der Waals surface area contributed by atoms with E-state index in [-0.39, 0.29) is 30.4 Å². The van der Waals surface area contributed by atoms with Crippen molar-refractivity contribution in [3.05, 3.63) is 71.5 Å². The maximum atomic E-state index is 13.3. The van der Waals surface area contributed by atoms with E-state index in [9.17, 15) is 23.1 Å². The van der Waals surface area contributed by atoms with Crippen molar-refractivity contribution >= 4 is 44.2 Å². The van der Waals surface area contributed by atoms with Crippen LogP contribution in [0.15, 0.2) is 65.8 Å². The highest BCUT2D eigenvalue weighted by Crippen LogP contribution is 2.24. The number of carbonyl (C=O) groups excluding carboxylic acids is 2. The second-order valence-electron chi connectivity index (χ2n) is 9.02. The summed E-state index contributed by atoms with van der Waals surface area (Å²) < 4.78 is 28.7. The molecule has 2 atom stereocenters. The van der Waals surface area contributed by atoms with E-state index in [2.05, 4.69) is 9.71 Å². The molecular formula is C26H29ClN4O5S. The third-order valence-corrected chi connectivity index (χ3v) is 8.14. The summed E-state index contributed by atoms with van der Waals surface area (Å²) in [6.07, 6.45) is 3.95. The second kappa shape index (κ2) is 11.6. The van der Waals surface area contributed by atoms with Crippen molar-refractivity contribution in [2.24, 2.45) is 0 Å². The molecule has 0 bridgehead atoms. The Labute approximate surface area is 221 Å². The van der Waals surface area contributed by atoms with Crippen LogP contribution < -0.4 is 4.72 Å². The fourth-order valence-corrected chi connectivity index (χ4v) is 5.89. The number of aromatic nitrogens is 1. The smallest absolute Gasteiger partial charge is 0.245 e. The molecule has 1 fully saturated rings. The molecule has 0 radical (unpaired) electrons. The summed E-state index contributed by atoms with van der Waals surface area (Å²) in [6, 6.07) is 11.7. The van der Waals surface area contributed by atoms with Gasteiger partial charge in [-0.2, -0.15) is 4.72 Å². The zero-order valence-corrected chi connectivity index (χ0v) is 22.0. The summed E-state index contributed by atoms with van der Waals surface area (Å²) in [6.45, 7) is 2.43. The first-order chi connectivity index (χ1) is 17.7. The fourth-order valence-electron chi connectivity index (χ4n) is 4.45. The van der Waals surface area contributed by atoms with E-state index in [1.165, 1.54) is 17.0 Å². The van der Waals surface area contributed by atoms with Gasteiger partial charge in [-0.3, -0.25) is 14.6 Å². The van der Waals surface area contributed by atoms with E-state index >= 15 is 0 Å². The molecule has 1 aliphatic rings. The van der Waals surface area contributed by atoms with Crippen molar-refractivity contribution in [1.82, 2.24) is 19.5 Å². The maximum Gasteiger partial charge on any atom is 0.245 e. The molecule has 1 aliphatic heterocycles. The quantitative estimate of drug-likeness (QED) is 0.405. The highest BCUT2D eigenvalue weighted by molar-refractivity contribution is 7.89. The van der Waals surface area contributed by atoms with E-state index in [4.69, 9.17) is 11.6 Å². The Kier molecular flexibility index (Phi) is 8.43. The minimum Gasteiger partial charge on any atom is -0.396 e. The van der Waals surface area contributed by atoms with Crippen LogP contribution in [0, 0.1) is 0 Å². The average Bonchev–Trinajstić information content (AvgIpc) is 3.24. The third kappa shape index (κ3) is 6.27. The maximum absolute atomic E-state index is 13.3.